The first-order valence-corrected chi connectivity index (χ1v) is 6.45. The number of nitrogens with one attached hydrogen (secondary N) is 1. The number of aryl methyl sites for hydroxylation is 1. The summed E-state index contributed by atoms with van der Waals surface area (Å²) in [6.07, 6.45) is 4.32. The zero-order chi connectivity index (χ0) is 12.7. The fourth-order valence-corrected chi connectivity index (χ4v) is 1.74. The molecule has 1 rings (SSSR count). The molecule has 96 valence electrons. The number of hydrogen-bond acceptors (Lipinski definition) is 4. The number of rotatable bonds is 7. The highest BCUT2D eigenvalue weighted by atomic mass is 15.2. The summed E-state index contributed by atoms with van der Waals surface area (Å²) in [5.41, 5.74) is 2.24. The van der Waals surface area contributed by atoms with Crippen molar-refractivity contribution in [1.82, 2.24) is 15.3 Å². The van der Waals surface area contributed by atoms with Crippen molar-refractivity contribution in [2.24, 2.45) is 0 Å². The Morgan fingerprint density at radius 2 is 2.12 bits per heavy atom. The van der Waals surface area contributed by atoms with Crippen molar-refractivity contribution in [2.45, 2.75) is 40.2 Å². The number of anilines is 1. The molecule has 1 heterocycles. The van der Waals surface area contributed by atoms with Crippen molar-refractivity contribution < 1.29 is 0 Å². The fourth-order valence-electron chi connectivity index (χ4n) is 1.74. The van der Waals surface area contributed by atoms with Gasteiger partial charge in [0.2, 0.25) is 5.95 Å². The lowest BCUT2D eigenvalue weighted by atomic mass is 10.2. The third kappa shape index (κ3) is 3.97. The quantitative estimate of drug-likeness (QED) is 0.787. The first-order chi connectivity index (χ1) is 8.22. The van der Waals surface area contributed by atoms with Gasteiger partial charge in [-0.1, -0.05) is 13.3 Å². The Kier molecular flexibility index (Phi) is 5.91. The largest absolute Gasteiger partial charge is 0.341 e. The molecular formula is C13H24N4. The Labute approximate surface area is 104 Å². The predicted molar refractivity (Wildman–Crippen MR) is 72.3 cm³/mol. The van der Waals surface area contributed by atoms with E-state index in [0.717, 1.165) is 31.3 Å². The molecule has 0 saturated carbocycles. The van der Waals surface area contributed by atoms with Gasteiger partial charge in [-0.15, -0.1) is 0 Å². The summed E-state index contributed by atoms with van der Waals surface area (Å²) >= 11 is 0. The fraction of sp³-hybridized carbons (Fsp3) is 0.692. The lowest BCUT2D eigenvalue weighted by molar-refractivity contribution is 0.708. The summed E-state index contributed by atoms with van der Waals surface area (Å²) < 4.78 is 0. The van der Waals surface area contributed by atoms with Gasteiger partial charge in [0.25, 0.3) is 0 Å². The van der Waals surface area contributed by atoms with Crippen LogP contribution in [0.25, 0.3) is 0 Å². The van der Waals surface area contributed by atoms with Crippen LogP contribution in [0.15, 0.2) is 6.20 Å². The maximum absolute atomic E-state index is 4.59. The second kappa shape index (κ2) is 7.22. The first kappa shape index (κ1) is 13.9. The molecule has 17 heavy (non-hydrogen) atoms. The third-order valence-electron chi connectivity index (χ3n) is 2.88. The second-order valence-corrected chi connectivity index (χ2v) is 4.24. The van der Waals surface area contributed by atoms with Crippen LogP contribution in [0, 0.1) is 6.92 Å². The number of unbranched alkanes of at least 4 members (excludes halogenated alkanes) is 1. The molecule has 1 N–H and O–H groups in total. The highest BCUT2D eigenvalue weighted by molar-refractivity contribution is 5.32. The summed E-state index contributed by atoms with van der Waals surface area (Å²) in [5, 5.41) is 3.13. The Balaban J connectivity index is 2.79. The number of aromatic nitrogens is 2. The number of hydrogen-bond donors (Lipinski definition) is 1. The molecule has 0 aliphatic carbocycles. The van der Waals surface area contributed by atoms with Gasteiger partial charge in [0.1, 0.15) is 0 Å². The van der Waals surface area contributed by atoms with E-state index in [1.165, 1.54) is 18.4 Å². The van der Waals surface area contributed by atoms with Gasteiger partial charge in [0.15, 0.2) is 0 Å². The number of nitrogens with zero attached hydrogens (tertiary/aromatic N) is 3. The first-order valence-electron chi connectivity index (χ1n) is 6.45. The summed E-state index contributed by atoms with van der Waals surface area (Å²) in [6, 6.07) is 0. The highest BCUT2D eigenvalue weighted by Gasteiger charge is 2.08. The van der Waals surface area contributed by atoms with Crippen molar-refractivity contribution in [2.75, 3.05) is 25.0 Å². The Morgan fingerprint density at radius 1 is 1.35 bits per heavy atom. The van der Waals surface area contributed by atoms with Crippen LogP contribution in [0.5, 0.6) is 0 Å². The molecule has 0 radical (unpaired) electrons. The van der Waals surface area contributed by atoms with Crippen LogP contribution in [0.2, 0.25) is 0 Å². The second-order valence-electron chi connectivity index (χ2n) is 4.24. The lowest BCUT2D eigenvalue weighted by Crippen LogP contribution is -2.26. The maximum Gasteiger partial charge on any atom is 0.225 e. The molecule has 4 nitrogen and oxygen atoms in total. The molecule has 0 bridgehead atoms. The summed E-state index contributed by atoms with van der Waals surface area (Å²) in [5.74, 6) is 0.860. The van der Waals surface area contributed by atoms with Gasteiger partial charge < -0.3 is 10.2 Å². The van der Waals surface area contributed by atoms with Gasteiger partial charge in [0.05, 0.1) is 0 Å². The van der Waals surface area contributed by atoms with Gasteiger partial charge in [-0.05, 0) is 27.3 Å². The van der Waals surface area contributed by atoms with E-state index in [1.807, 2.05) is 20.2 Å². The summed E-state index contributed by atoms with van der Waals surface area (Å²) in [7, 11) is 1.94. The maximum atomic E-state index is 4.59. The van der Waals surface area contributed by atoms with E-state index in [-0.39, 0.29) is 0 Å². The van der Waals surface area contributed by atoms with Gasteiger partial charge in [0, 0.05) is 37.1 Å². The molecule has 0 amide bonds. The molecule has 1 aromatic rings. The Hall–Kier alpha value is -1.16. The molecule has 4 heteroatoms. The standard InChI is InChI=1S/C13H24N4/c1-5-7-8-17(6-2)13-15-10-12(9-14-4)11(3)16-13/h10,14H,5-9H2,1-4H3. The van der Waals surface area contributed by atoms with E-state index in [2.05, 4.69) is 34.0 Å². The van der Waals surface area contributed by atoms with Gasteiger partial charge in [-0.2, -0.15) is 0 Å². The smallest absolute Gasteiger partial charge is 0.225 e. The minimum absolute atomic E-state index is 0.827. The van der Waals surface area contributed by atoms with Crippen LogP contribution in [-0.2, 0) is 6.54 Å². The third-order valence-corrected chi connectivity index (χ3v) is 2.88. The highest BCUT2D eigenvalue weighted by Crippen LogP contribution is 2.11. The van der Waals surface area contributed by atoms with E-state index in [9.17, 15) is 0 Å². The van der Waals surface area contributed by atoms with Gasteiger partial charge >= 0.3 is 0 Å². The van der Waals surface area contributed by atoms with E-state index >= 15 is 0 Å². The van der Waals surface area contributed by atoms with Gasteiger partial charge in [-0.25, -0.2) is 9.97 Å². The van der Waals surface area contributed by atoms with E-state index < -0.39 is 0 Å². The zero-order valence-corrected chi connectivity index (χ0v) is 11.5. The minimum Gasteiger partial charge on any atom is -0.341 e. The molecule has 0 unspecified atom stereocenters. The molecule has 0 aliphatic rings. The molecule has 0 fully saturated rings. The van der Waals surface area contributed by atoms with Crippen LogP contribution in [-0.4, -0.2) is 30.1 Å². The van der Waals surface area contributed by atoms with E-state index in [4.69, 9.17) is 0 Å². The van der Waals surface area contributed by atoms with Crippen molar-refractivity contribution in [1.29, 1.82) is 0 Å². The predicted octanol–water partition coefficient (Wildman–Crippen LogP) is 2.13. The van der Waals surface area contributed by atoms with Crippen LogP contribution in [0.3, 0.4) is 0 Å². The normalized spacial score (nSPS) is 10.6. The van der Waals surface area contributed by atoms with E-state index in [1.54, 1.807) is 0 Å². The summed E-state index contributed by atoms with van der Waals surface area (Å²) in [6.45, 7) is 9.23. The lowest BCUT2D eigenvalue weighted by Gasteiger charge is -2.21. The zero-order valence-electron chi connectivity index (χ0n) is 11.5. The van der Waals surface area contributed by atoms with Crippen LogP contribution < -0.4 is 10.2 Å². The molecule has 0 atom stereocenters. The van der Waals surface area contributed by atoms with Crippen LogP contribution >= 0.6 is 0 Å². The average molecular weight is 236 g/mol. The molecule has 0 spiro atoms. The minimum atomic E-state index is 0.827. The van der Waals surface area contributed by atoms with Crippen LogP contribution in [0.1, 0.15) is 37.9 Å². The Morgan fingerprint density at radius 3 is 2.65 bits per heavy atom. The Bertz CT molecular complexity index is 338. The van der Waals surface area contributed by atoms with E-state index in [0.29, 0.717) is 0 Å². The molecule has 0 aliphatic heterocycles. The van der Waals surface area contributed by atoms with Crippen molar-refractivity contribution in [3.63, 3.8) is 0 Å². The molecule has 0 aromatic carbocycles. The van der Waals surface area contributed by atoms with Crippen molar-refractivity contribution >= 4 is 5.95 Å². The summed E-state index contributed by atoms with van der Waals surface area (Å²) in [4.78, 5) is 11.3. The van der Waals surface area contributed by atoms with Gasteiger partial charge in [-0.3, -0.25) is 0 Å². The molecular weight excluding hydrogens is 212 g/mol. The van der Waals surface area contributed by atoms with Crippen molar-refractivity contribution in [3.8, 4) is 0 Å². The molecule has 1 aromatic heterocycles. The average Bonchev–Trinajstić information content (AvgIpc) is 2.33. The van der Waals surface area contributed by atoms with Crippen molar-refractivity contribution in [3.05, 3.63) is 17.5 Å². The molecule has 0 saturated heterocycles. The monoisotopic (exact) mass is 236 g/mol. The van der Waals surface area contributed by atoms with Crippen LogP contribution in [0.4, 0.5) is 5.95 Å². The topological polar surface area (TPSA) is 41.1 Å². The SMILES string of the molecule is CCCCN(CC)c1ncc(CNC)c(C)n1.